The lowest BCUT2D eigenvalue weighted by molar-refractivity contribution is -0.155. The van der Waals surface area contributed by atoms with Gasteiger partial charge in [0.1, 0.15) is 11.9 Å². The number of carbonyl (C=O) groups is 3. The van der Waals surface area contributed by atoms with Crippen LogP contribution in [0.4, 0.5) is 4.39 Å². The van der Waals surface area contributed by atoms with Crippen LogP contribution in [0.5, 0.6) is 0 Å². The number of rotatable bonds is 7. The van der Waals surface area contributed by atoms with Crippen LogP contribution in [0.2, 0.25) is 0 Å². The SMILES string of the molecule is C[C@H](NC(=O)C12CC3CC(CC(C3)C1)C2)C(=O)OCC(=O)NCc1ccccc1F. The van der Waals surface area contributed by atoms with Crippen molar-refractivity contribution >= 4 is 17.8 Å². The molecule has 0 radical (unpaired) electrons. The lowest BCUT2D eigenvalue weighted by Crippen LogP contribution is -2.56. The Labute approximate surface area is 175 Å². The van der Waals surface area contributed by atoms with Gasteiger partial charge in [-0.25, -0.2) is 9.18 Å². The maximum atomic E-state index is 13.6. The lowest BCUT2D eigenvalue weighted by atomic mass is 9.49. The Bertz CT molecular complexity index is 805. The van der Waals surface area contributed by atoms with Gasteiger partial charge in [0, 0.05) is 17.5 Å². The Kier molecular flexibility index (Phi) is 5.80. The van der Waals surface area contributed by atoms with Crippen LogP contribution in [-0.2, 0) is 25.7 Å². The third-order valence-corrected chi connectivity index (χ3v) is 7.00. The summed E-state index contributed by atoms with van der Waals surface area (Å²) in [6.07, 6.45) is 6.49. The molecule has 4 aliphatic carbocycles. The number of carbonyl (C=O) groups excluding carboxylic acids is 3. The highest BCUT2D eigenvalue weighted by Crippen LogP contribution is 2.60. The van der Waals surface area contributed by atoms with Crippen LogP contribution in [0.15, 0.2) is 24.3 Å². The smallest absolute Gasteiger partial charge is 0.328 e. The molecule has 1 aromatic rings. The number of nitrogens with one attached hydrogen (secondary N) is 2. The van der Waals surface area contributed by atoms with Gasteiger partial charge >= 0.3 is 5.97 Å². The molecule has 0 heterocycles. The van der Waals surface area contributed by atoms with Crippen molar-refractivity contribution in [1.29, 1.82) is 0 Å². The zero-order valence-corrected chi connectivity index (χ0v) is 17.3. The third-order valence-electron chi connectivity index (χ3n) is 7.00. The highest BCUT2D eigenvalue weighted by molar-refractivity contribution is 5.89. The predicted octanol–water partition coefficient (Wildman–Crippen LogP) is 2.71. The average molecular weight is 416 g/mol. The van der Waals surface area contributed by atoms with Crippen molar-refractivity contribution in [2.45, 2.75) is 58.0 Å². The van der Waals surface area contributed by atoms with Crippen molar-refractivity contribution in [3.05, 3.63) is 35.6 Å². The third kappa shape index (κ3) is 4.35. The van der Waals surface area contributed by atoms with Gasteiger partial charge < -0.3 is 15.4 Å². The number of esters is 1. The van der Waals surface area contributed by atoms with Crippen LogP contribution in [0.25, 0.3) is 0 Å². The zero-order chi connectivity index (χ0) is 21.3. The molecule has 0 spiro atoms. The second-order valence-corrected chi connectivity index (χ2v) is 9.37. The highest BCUT2D eigenvalue weighted by Gasteiger charge is 2.54. The van der Waals surface area contributed by atoms with E-state index in [1.807, 2.05) is 0 Å². The van der Waals surface area contributed by atoms with E-state index < -0.39 is 30.3 Å². The number of benzene rings is 1. The van der Waals surface area contributed by atoms with Crippen LogP contribution >= 0.6 is 0 Å². The summed E-state index contributed by atoms with van der Waals surface area (Å²) in [4.78, 5) is 37.2. The van der Waals surface area contributed by atoms with Gasteiger partial charge in [0.2, 0.25) is 5.91 Å². The van der Waals surface area contributed by atoms with Gasteiger partial charge in [-0.3, -0.25) is 9.59 Å². The lowest BCUT2D eigenvalue weighted by Gasteiger charge is -2.55. The van der Waals surface area contributed by atoms with Crippen molar-refractivity contribution in [2.24, 2.45) is 23.2 Å². The van der Waals surface area contributed by atoms with E-state index in [9.17, 15) is 18.8 Å². The summed E-state index contributed by atoms with van der Waals surface area (Å²) in [5.41, 5.74) is 0.0221. The molecule has 1 aromatic carbocycles. The molecule has 4 saturated carbocycles. The molecule has 6 nitrogen and oxygen atoms in total. The first-order chi connectivity index (χ1) is 14.3. The van der Waals surface area contributed by atoms with Crippen LogP contribution in [0.3, 0.4) is 0 Å². The maximum Gasteiger partial charge on any atom is 0.328 e. The van der Waals surface area contributed by atoms with Crippen molar-refractivity contribution in [2.75, 3.05) is 6.61 Å². The van der Waals surface area contributed by atoms with Crippen molar-refractivity contribution in [3.8, 4) is 0 Å². The molecule has 2 amide bonds. The van der Waals surface area contributed by atoms with Crippen LogP contribution in [0.1, 0.15) is 51.0 Å². The number of halogens is 1. The second-order valence-electron chi connectivity index (χ2n) is 9.37. The fraction of sp³-hybridized carbons (Fsp3) is 0.609. The van der Waals surface area contributed by atoms with E-state index in [1.54, 1.807) is 25.1 Å². The summed E-state index contributed by atoms with van der Waals surface area (Å²) in [6.45, 7) is 1.13. The van der Waals surface area contributed by atoms with Crippen molar-refractivity contribution in [1.82, 2.24) is 10.6 Å². The second kappa shape index (κ2) is 8.36. The molecule has 30 heavy (non-hydrogen) atoms. The zero-order valence-electron chi connectivity index (χ0n) is 17.3. The Hall–Kier alpha value is -2.44. The largest absolute Gasteiger partial charge is 0.454 e. The summed E-state index contributed by atoms with van der Waals surface area (Å²) >= 11 is 0. The van der Waals surface area contributed by atoms with Crippen LogP contribution in [0, 0.1) is 29.0 Å². The molecule has 2 N–H and O–H groups in total. The molecule has 4 bridgehead atoms. The predicted molar refractivity (Wildman–Crippen MR) is 107 cm³/mol. The number of amides is 2. The van der Waals surface area contributed by atoms with Gasteiger partial charge in [0.25, 0.3) is 5.91 Å². The molecule has 0 saturated heterocycles. The number of hydrogen-bond acceptors (Lipinski definition) is 4. The van der Waals surface area contributed by atoms with Crippen LogP contribution in [-0.4, -0.2) is 30.4 Å². The van der Waals surface area contributed by atoms with Gasteiger partial charge in [-0.2, -0.15) is 0 Å². The Morgan fingerprint density at radius 3 is 2.30 bits per heavy atom. The standard InChI is InChI=1S/C23H29FN2O4/c1-14(21(28)30-13-20(27)25-12-18-4-2-3-5-19(18)24)26-22(29)23-9-15-6-16(10-23)8-17(7-15)11-23/h2-5,14-17H,6-13H2,1H3,(H,25,27)(H,26,29)/t14-,15?,16?,17?,23?/m0/s1. The fourth-order valence-electron chi connectivity index (χ4n) is 5.95. The first-order valence-corrected chi connectivity index (χ1v) is 10.8. The molecule has 5 rings (SSSR count). The Morgan fingerprint density at radius 1 is 1.10 bits per heavy atom. The van der Waals surface area contributed by atoms with E-state index in [0.717, 1.165) is 19.3 Å². The number of hydrogen-bond donors (Lipinski definition) is 2. The summed E-state index contributed by atoms with van der Waals surface area (Å²) in [7, 11) is 0. The molecule has 7 heteroatoms. The van der Waals surface area contributed by atoms with Crippen LogP contribution < -0.4 is 10.6 Å². The molecule has 4 aliphatic rings. The quantitative estimate of drug-likeness (QED) is 0.670. The molecular weight excluding hydrogens is 387 g/mol. The first-order valence-electron chi connectivity index (χ1n) is 10.8. The van der Waals surface area contributed by atoms with E-state index in [-0.39, 0.29) is 17.9 Å². The van der Waals surface area contributed by atoms with Gasteiger partial charge in [0.05, 0.1) is 0 Å². The molecule has 4 fully saturated rings. The normalized spacial score (nSPS) is 29.9. The van der Waals surface area contributed by atoms with Gasteiger partial charge in [-0.1, -0.05) is 18.2 Å². The minimum absolute atomic E-state index is 0.0152. The molecule has 0 aromatic heterocycles. The van der Waals surface area contributed by atoms with E-state index >= 15 is 0 Å². The van der Waals surface area contributed by atoms with Gasteiger partial charge in [-0.05, 0) is 69.3 Å². The van der Waals surface area contributed by atoms with Gasteiger partial charge in [-0.15, -0.1) is 0 Å². The van der Waals surface area contributed by atoms with E-state index in [4.69, 9.17) is 4.74 Å². The summed E-state index contributed by atoms with van der Waals surface area (Å²) in [5.74, 6) is 0.304. The minimum Gasteiger partial charge on any atom is -0.454 e. The van der Waals surface area contributed by atoms with E-state index in [2.05, 4.69) is 10.6 Å². The molecular formula is C23H29FN2O4. The monoisotopic (exact) mass is 416 g/mol. The Balaban J connectivity index is 1.23. The maximum absolute atomic E-state index is 13.6. The van der Waals surface area contributed by atoms with Crippen molar-refractivity contribution in [3.63, 3.8) is 0 Å². The summed E-state index contributed by atoms with van der Waals surface area (Å²) < 4.78 is 18.6. The molecule has 0 unspecified atom stereocenters. The molecule has 162 valence electrons. The summed E-state index contributed by atoms with van der Waals surface area (Å²) in [6, 6.07) is 5.32. The minimum atomic E-state index is -0.815. The average Bonchev–Trinajstić information content (AvgIpc) is 2.70. The molecule has 1 atom stereocenters. The summed E-state index contributed by atoms with van der Waals surface area (Å²) in [5, 5.41) is 5.35. The van der Waals surface area contributed by atoms with E-state index in [1.165, 1.54) is 25.3 Å². The number of ether oxygens (including phenoxy) is 1. The van der Waals surface area contributed by atoms with Crippen molar-refractivity contribution < 1.29 is 23.5 Å². The van der Waals surface area contributed by atoms with E-state index in [0.29, 0.717) is 23.3 Å². The Morgan fingerprint density at radius 2 is 1.70 bits per heavy atom. The first kappa shape index (κ1) is 20.8. The fourth-order valence-corrected chi connectivity index (χ4v) is 5.95. The highest BCUT2D eigenvalue weighted by atomic mass is 19.1. The molecule has 0 aliphatic heterocycles. The van der Waals surface area contributed by atoms with Gasteiger partial charge in [0.15, 0.2) is 6.61 Å². The topological polar surface area (TPSA) is 84.5 Å².